The lowest BCUT2D eigenvalue weighted by Crippen LogP contribution is -2.51. The molecular weight excluding hydrogens is 338 g/mol. The lowest BCUT2D eigenvalue weighted by atomic mass is 10.1. The first-order valence-corrected chi connectivity index (χ1v) is 9.44. The van der Waals surface area contributed by atoms with Gasteiger partial charge in [0.05, 0.1) is 5.69 Å². The molecule has 0 saturated carbocycles. The standard InChI is InChI=1S/C18H21N3O3S/c1-10-5-6-15-14(9-10)19-17(21-25(15,23)24)18(22)20-16-12(3)7-11(2)8-13(16)4/h5-9,17,19,21H,1-4H3,(H,20,22). The number of benzene rings is 2. The van der Waals surface area contributed by atoms with Gasteiger partial charge in [-0.15, -0.1) is 0 Å². The van der Waals surface area contributed by atoms with Crippen molar-refractivity contribution >= 4 is 27.3 Å². The van der Waals surface area contributed by atoms with E-state index >= 15 is 0 Å². The highest BCUT2D eigenvalue weighted by molar-refractivity contribution is 7.89. The Balaban J connectivity index is 1.90. The van der Waals surface area contributed by atoms with E-state index in [1.807, 2.05) is 39.8 Å². The third-order valence-corrected chi connectivity index (χ3v) is 5.67. The quantitative estimate of drug-likeness (QED) is 0.769. The van der Waals surface area contributed by atoms with Gasteiger partial charge in [0.2, 0.25) is 10.0 Å². The van der Waals surface area contributed by atoms with Crippen LogP contribution in [0.5, 0.6) is 0 Å². The normalized spacial score (nSPS) is 18.2. The largest absolute Gasteiger partial charge is 0.360 e. The minimum atomic E-state index is -3.75. The molecule has 0 spiro atoms. The second kappa shape index (κ2) is 6.16. The Bertz CT molecular complexity index is 945. The Labute approximate surface area is 147 Å². The number of carbonyl (C=O) groups excluding carboxylic acids is 1. The summed E-state index contributed by atoms with van der Waals surface area (Å²) in [4.78, 5) is 12.8. The summed E-state index contributed by atoms with van der Waals surface area (Å²) >= 11 is 0. The van der Waals surface area contributed by atoms with Crippen LogP contribution in [0.4, 0.5) is 11.4 Å². The highest BCUT2D eigenvalue weighted by Gasteiger charge is 2.33. The van der Waals surface area contributed by atoms with Crippen molar-refractivity contribution in [1.29, 1.82) is 0 Å². The summed E-state index contributed by atoms with van der Waals surface area (Å²) in [7, 11) is -3.75. The van der Waals surface area contributed by atoms with Crippen LogP contribution in [-0.2, 0) is 14.8 Å². The Kier molecular flexibility index (Phi) is 4.30. The lowest BCUT2D eigenvalue weighted by molar-refractivity contribution is -0.117. The van der Waals surface area contributed by atoms with E-state index in [0.717, 1.165) is 22.3 Å². The molecule has 1 heterocycles. The van der Waals surface area contributed by atoms with Gasteiger partial charge in [0.25, 0.3) is 5.91 Å². The molecule has 0 aliphatic carbocycles. The van der Waals surface area contributed by atoms with Crippen LogP contribution >= 0.6 is 0 Å². The van der Waals surface area contributed by atoms with Gasteiger partial charge < -0.3 is 10.6 Å². The van der Waals surface area contributed by atoms with Gasteiger partial charge in [-0.2, -0.15) is 4.72 Å². The van der Waals surface area contributed by atoms with Gasteiger partial charge in [-0.25, -0.2) is 8.42 Å². The van der Waals surface area contributed by atoms with Crippen LogP contribution in [0.2, 0.25) is 0 Å². The number of fused-ring (bicyclic) bond motifs is 1. The first-order valence-electron chi connectivity index (χ1n) is 7.95. The van der Waals surface area contributed by atoms with Gasteiger partial charge >= 0.3 is 0 Å². The van der Waals surface area contributed by atoms with Crippen molar-refractivity contribution in [2.45, 2.75) is 38.8 Å². The van der Waals surface area contributed by atoms with E-state index in [2.05, 4.69) is 15.4 Å². The number of anilines is 2. The summed E-state index contributed by atoms with van der Waals surface area (Å²) < 4.78 is 27.2. The Morgan fingerprint density at radius 1 is 1.00 bits per heavy atom. The molecule has 7 heteroatoms. The Morgan fingerprint density at radius 2 is 1.64 bits per heavy atom. The van der Waals surface area contributed by atoms with Gasteiger partial charge in [0, 0.05) is 5.69 Å². The molecule has 1 aliphatic heterocycles. The molecule has 0 fully saturated rings. The maximum atomic E-state index is 12.6. The first kappa shape index (κ1) is 17.4. The van der Waals surface area contributed by atoms with Crippen molar-refractivity contribution in [3.8, 4) is 0 Å². The summed E-state index contributed by atoms with van der Waals surface area (Å²) in [5.41, 5.74) is 5.01. The monoisotopic (exact) mass is 359 g/mol. The fourth-order valence-electron chi connectivity index (χ4n) is 3.09. The molecular formula is C18H21N3O3S. The van der Waals surface area contributed by atoms with Gasteiger partial charge in [-0.05, 0) is 56.5 Å². The predicted molar refractivity (Wildman–Crippen MR) is 98.2 cm³/mol. The Morgan fingerprint density at radius 3 is 2.28 bits per heavy atom. The lowest BCUT2D eigenvalue weighted by Gasteiger charge is -2.28. The second-order valence-corrected chi connectivity index (χ2v) is 8.14. The molecule has 0 aromatic heterocycles. The maximum absolute atomic E-state index is 12.6. The minimum Gasteiger partial charge on any atom is -0.360 e. The number of hydrogen-bond donors (Lipinski definition) is 3. The number of carbonyl (C=O) groups is 1. The fraction of sp³-hybridized carbons (Fsp3) is 0.278. The predicted octanol–water partition coefficient (Wildman–Crippen LogP) is 2.59. The van der Waals surface area contributed by atoms with Crippen molar-refractivity contribution in [2.24, 2.45) is 0 Å². The van der Waals surface area contributed by atoms with Gasteiger partial charge in [0.15, 0.2) is 6.17 Å². The molecule has 1 amide bonds. The molecule has 0 bridgehead atoms. The molecule has 2 aromatic carbocycles. The third-order valence-electron chi connectivity index (χ3n) is 4.18. The maximum Gasteiger partial charge on any atom is 0.262 e. The highest BCUT2D eigenvalue weighted by Crippen LogP contribution is 2.28. The summed E-state index contributed by atoms with van der Waals surface area (Å²) in [6.07, 6.45) is -1.07. The van der Waals surface area contributed by atoms with E-state index in [1.165, 1.54) is 6.07 Å². The summed E-state index contributed by atoms with van der Waals surface area (Å²) in [6, 6.07) is 8.91. The van der Waals surface area contributed by atoms with Crippen LogP contribution in [0.15, 0.2) is 35.2 Å². The molecule has 1 unspecified atom stereocenters. The fourth-order valence-corrected chi connectivity index (χ4v) is 4.34. The zero-order chi connectivity index (χ0) is 18.4. The molecule has 132 valence electrons. The van der Waals surface area contributed by atoms with Crippen LogP contribution in [0.1, 0.15) is 22.3 Å². The zero-order valence-electron chi connectivity index (χ0n) is 14.6. The first-order chi connectivity index (χ1) is 11.7. The average Bonchev–Trinajstić information content (AvgIpc) is 2.49. The SMILES string of the molecule is Cc1cc(C)c(NC(=O)C2Nc3cc(C)ccc3S(=O)(=O)N2)c(C)c1. The Hall–Kier alpha value is -2.38. The molecule has 6 nitrogen and oxygen atoms in total. The molecule has 0 saturated heterocycles. The van der Waals surface area contributed by atoms with Gasteiger partial charge in [-0.1, -0.05) is 23.8 Å². The number of rotatable bonds is 2. The molecule has 1 atom stereocenters. The van der Waals surface area contributed by atoms with E-state index in [0.29, 0.717) is 11.4 Å². The van der Waals surface area contributed by atoms with Crippen molar-refractivity contribution < 1.29 is 13.2 Å². The van der Waals surface area contributed by atoms with Gasteiger partial charge in [-0.3, -0.25) is 4.79 Å². The molecule has 0 radical (unpaired) electrons. The zero-order valence-corrected chi connectivity index (χ0v) is 15.4. The van der Waals surface area contributed by atoms with Crippen LogP contribution < -0.4 is 15.4 Å². The number of nitrogens with one attached hydrogen (secondary N) is 3. The molecule has 3 rings (SSSR count). The summed E-state index contributed by atoms with van der Waals surface area (Å²) in [6.45, 7) is 7.67. The van der Waals surface area contributed by atoms with E-state index in [9.17, 15) is 13.2 Å². The van der Waals surface area contributed by atoms with Crippen molar-refractivity contribution in [2.75, 3.05) is 10.6 Å². The van der Waals surface area contributed by atoms with Crippen LogP contribution in [0.3, 0.4) is 0 Å². The third kappa shape index (κ3) is 3.38. The van der Waals surface area contributed by atoms with Crippen molar-refractivity contribution in [1.82, 2.24) is 4.72 Å². The topological polar surface area (TPSA) is 87.3 Å². The summed E-state index contributed by atoms with van der Waals surface area (Å²) in [5, 5.41) is 5.79. The smallest absolute Gasteiger partial charge is 0.262 e. The minimum absolute atomic E-state index is 0.143. The number of aryl methyl sites for hydroxylation is 4. The summed E-state index contributed by atoms with van der Waals surface area (Å²) in [5.74, 6) is -0.453. The van der Waals surface area contributed by atoms with E-state index in [1.54, 1.807) is 12.1 Å². The van der Waals surface area contributed by atoms with Crippen LogP contribution in [-0.4, -0.2) is 20.5 Å². The number of sulfonamides is 1. The van der Waals surface area contributed by atoms with Crippen molar-refractivity contribution in [3.05, 3.63) is 52.6 Å². The van der Waals surface area contributed by atoms with Crippen LogP contribution in [0.25, 0.3) is 0 Å². The van der Waals surface area contributed by atoms with Crippen LogP contribution in [0, 0.1) is 27.7 Å². The average molecular weight is 359 g/mol. The molecule has 2 aromatic rings. The highest BCUT2D eigenvalue weighted by atomic mass is 32.2. The van der Waals surface area contributed by atoms with E-state index in [-0.39, 0.29) is 4.90 Å². The number of hydrogen-bond acceptors (Lipinski definition) is 4. The van der Waals surface area contributed by atoms with Crippen molar-refractivity contribution in [3.63, 3.8) is 0 Å². The second-order valence-electron chi connectivity index (χ2n) is 6.46. The molecule has 25 heavy (non-hydrogen) atoms. The van der Waals surface area contributed by atoms with Gasteiger partial charge in [0.1, 0.15) is 4.90 Å². The molecule has 1 aliphatic rings. The van der Waals surface area contributed by atoms with E-state index < -0.39 is 22.1 Å². The number of amides is 1. The van der Waals surface area contributed by atoms with E-state index in [4.69, 9.17) is 0 Å². The molecule has 3 N–H and O–H groups in total.